The Morgan fingerprint density at radius 3 is 2.84 bits per heavy atom. The highest BCUT2D eigenvalue weighted by Crippen LogP contribution is 2.22. The molecule has 1 aliphatic heterocycles. The van der Waals surface area contributed by atoms with Crippen LogP contribution in [0.2, 0.25) is 0 Å². The Morgan fingerprint density at radius 2 is 2.08 bits per heavy atom. The molecule has 2 heterocycles. The van der Waals surface area contributed by atoms with Gasteiger partial charge in [0.25, 0.3) is 0 Å². The number of nitrogens with zero attached hydrogens (tertiary/aromatic N) is 5. The number of hydrogen-bond donors (Lipinski definition) is 0. The lowest BCUT2D eigenvalue weighted by Crippen LogP contribution is -2.46. The predicted molar refractivity (Wildman–Crippen MR) is 107 cm³/mol. The second-order valence-electron chi connectivity index (χ2n) is 6.88. The van der Waals surface area contributed by atoms with Crippen LogP contribution in [0.25, 0.3) is 0 Å². The summed E-state index contributed by atoms with van der Waals surface area (Å²) in [5, 5.41) is 0. The van der Waals surface area contributed by atoms with Crippen LogP contribution in [0, 0.1) is 0 Å². The zero-order valence-electron chi connectivity index (χ0n) is 15.2. The molecule has 0 spiro atoms. The highest BCUT2D eigenvalue weighted by molar-refractivity contribution is 9.10. The molecule has 0 bridgehead atoms. The lowest BCUT2D eigenvalue weighted by atomic mass is 10.0. The third-order valence-corrected chi connectivity index (χ3v) is 5.21. The van der Waals surface area contributed by atoms with Crippen molar-refractivity contribution in [1.29, 1.82) is 0 Å². The standard InChI is InChI=1S/C19H26BrN5/c1-23(2)19-21-10-9-18(22-19)24(3)17-8-5-11-25(14-17)13-15-6-4-7-16(20)12-15/h4,6-7,9-10,12,17H,5,8,11,13-14H2,1-3H3. The molecule has 2 aromatic rings. The number of aromatic nitrogens is 2. The summed E-state index contributed by atoms with van der Waals surface area (Å²) in [4.78, 5) is 15.8. The second kappa shape index (κ2) is 8.15. The monoisotopic (exact) mass is 403 g/mol. The SMILES string of the molecule is CN(C)c1nccc(N(C)C2CCCN(Cc3cccc(Br)c3)C2)n1. The minimum atomic E-state index is 0.478. The summed E-state index contributed by atoms with van der Waals surface area (Å²) >= 11 is 3.57. The molecule has 1 aromatic carbocycles. The van der Waals surface area contributed by atoms with E-state index in [4.69, 9.17) is 0 Å². The highest BCUT2D eigenvalue weighted by atomic mass is 79.9. The van der Waals surface area contributed by atoms with Crippen LogP contribution in [0.3, 0.4) is 0 Å². The van der Waals surface area contributed by atoms with Crippen LogP contribution in [0.1, 0.15) is 18.4 Å². The summed E-state index contributed by atoms with van der Waals surface area (Å²) in [6.45, 7) is 3.21. The van der Waals surface area contributed by atoms with Gasteiger partial charge in [0.15, 0.2) is 0 Å². The maximum atomic E-state index is 4.68. The Kier molecular flexibility index (Phi) is 5.91. The zero-order chi connectivity index (χ0) is 17.8. The van der Waals surface area contributed by atoms with Crippen molar-refractivity contribution in [2.75, 3.05) is 44.0 Å². The Balaban J connectivity index is 1.67. The molecule has 0 aliphatic carbocycles. The Hall–Kier alpha value is -1.66. The van der Waals surface area contributed by atoms with Gasteiger partial charge in [0, 0.05) is 50.9 Å². The van der Waals surface area contributed by atoms with Crippen LogP contribution in [-0.4, -0.2) is 55.1 Å². The highest BCUT2D eigenvalue weighted by Gasteiger charge is 2.24. The van der Waals surface area contributed by atoms with Gasteiger partial charge < -0.3 is 9.80 Å². The third-order valence-electron chi connectivity index (χ3n) is 4.71. The molecule has 6 heteroatoms. The fraction of sp³-hybridized carbons (Fsp3) is 0.474. The average molecular weight is 404 g/mol. The van der Waals surface area contributed by atoms with E-state index in [1.165, 1.54) is 18.4 Å². The first kappa shape index (κ1) is 18.1. The smallest absolute Gasteiger partial charge is 0.226 e. The van der Waals surface area contributed by atoms with Crippen molar-refractivity contribution in [2.24, 2.45) is 0 Å². The van der Waals surface area contributed by atoms with Crippen molar-refractivity contribution >= 4 is 27.7 Å². The van der Waals surface area contributed by atoms with E-state index in [2.05, 4.69) is 67.0 Å². The molecule has 134 valence electrons. The number of halogens is 1. The van der Waals surface area contributed by atoms with Crippen molar-refractivity contribution in [3.63, 3.8) is 0 Å². The zero-order valence-corrected chi connectivity index (χ0v) is 16.8. The molecule has 1 saturated heterocycles. The van der Waals surface area contributed by atoms with E-state index in [9.17, 15) is 0 Å². The normalized spacial score (nSPS) is 18.2. The van der Waals surface area contributed by atoms with E-state index >= 15 is 0 Å². The first-order chi connectivity index (χ1) is 12.0. The average Bonchev–Trinajstić information content (AvgIpc) is 2.61. The second-order valence-corrected chi connectivity index (χ2v) is 7.80. The van der Waals surface area contributed by atoms with Crippen molar-refractivity contribution < 1.29 is 0 Å². The summed E-state index contributed by atoms with van der Waals surface area (Å²) < 4.78 is 1.15. The van der Waals surface area contributed by atoms with Crippen LogP contribution in [0.15, 0.2) is 41.0 Å². The first-order valence-corrected chi connectivity index (χ1v) is 9.52. The minimum absolute atomic E-state index is 0.478. The third kappa shape index (κ3) is 4.70. The van der Waals surface area contributed by atoms with E-state index in [0.717, 1.165) is 35.9 Å². The fourth-order valence-corrected chi connectivity index (χ4v) is 3.77. The van der Waals surface area contributed by atoms with Crippen LogP contribution >= 0.6 is 15.9 Å². The topological polar surface area (TPSA) is 35.5 Å². The van der Waals surface area contributed by atoms with Crippen molar-refractivity contribution in [1.82, 2.24) is 14.9 Å². The van der Waals surface area contributed by atoms with Gasteiger partial charge in [-0.2, -0.15) is 4.98 Å². The maximum Gasteiger partial charge on any atom is 0.226 e. The Labute approximate surface area is 158 Å². The van der Waals surface area contributed by atoms with Crippen LogP contribution in [-0.2, 0) is 6.54 Å². The first-order valence-electron chi connectivity index (χ1n) is 8.73. The van der Waals surface area contributed by atoms with Crippen LogP contribution in [0.4, 0.5) is 11.8 Å². The van der Waals surface area contributed by atoms with E-state index < -0.39 is 0 Å². The summed E-state index contributed by atoms with van der Waals surface area (Å²) in [5.41, 5.74) is 1.36. The van der Waals surface area contributed by atoms with Crippen molar-refractivity contribution in [2.45, 2.75) is 25.4 Å². The Bertz CT molecular complexity index is 706. The van der Waals surface area contributed by atoms with Crippen molar-refractivity contribution in [3.8, 4) is 0 Å². The molecule has 0 saturated carbocycles. The van der Waals surface area contributed by atoms with E-state index in [0.29, 0.717) is 6.04 Å². The van der Waals surface area contributed by atoms with Gasteiger partial charge in [-0.25, -0.2) is 4.98 Å². The molecule has 0 amide bonds. The quantitative estimate of drug-likeness (QED) is 0.764. The van der Waals surface area contributed by atoms with E-state index in [-0.39, 0.29) is 0 Å². The number of likely N-dealkylation sites (N-methyl/N-ethyl adjacent to an activating group) is 1. The number of anilines is 2. The van der Waals surface area contributed by atoms with Gasteiger partial charge >= 0.3 is 0 Å². The molecular formula is C19H26BrN5. The molecule has 1 aliphatic rings. The molecule has 5 nitrogen and oxygen atoms in total. The van der Waals surface area contributed by atoms with E-state index in [1.54, 1.807) is 0 Å². The van der Waals surface area contributed by atoms with Gasteiger partial charge in [-0.1, -0.05) is 28.1 Å². The number of benzene rings is 1. The molecular weight excluding hydrogens is 378 g/mol. The molecule has 1 unspecified atom stereocenters. The summed E-state index contributed by atoms with van der Waals surface area (Å²) in [6, 6.07) is 11.1. The number of piperidine rings is 1. The van der Waals surface area contributed by atoms with Gasteiger partial charge in [-0.3, -0.25) is 4.90 Å². The minimum Gasteiger partial charge on any atom is -0.355 e. The fourth-order valence-electron chi connectivity index (χ4n) is 3.32. The predicted octanol–water partition coefficient (Wildman–Crippen LogP) is 3.41. The van der Waals surface area contributed by atoms with Gasteiger partial charge in [0.1, 0.15) is 5.82 Å². The van der Waals surface area contributed by atoms with Crippen molar-refractivity contribution in [3.05, 3.63) is 46.6 Å². The van der Waals surface area contributed by atoms with Gasteiger partial charge in [-0.15, -0.1) is 0 Å². The van der Waals surface area contributed by atoms with E-state index in [1.807, 2.05) is 31.3 Å². The number of rotatable bonds is 5. The molecule has 3 rings (SSSR count). The summed E-state index contributed by atoms with van der Waals surface area (Å²) in [7, 11) is 6.09. The summed E-state index contributed by atoms with van der Waals surface area (Å²) in [5.74, 6) is 1.75. The summed E-state index contributed by atoms with van der Waals surface area (Å²) in [6.07, 6.45) is 4.26. The van der Waals surface area contributed by atoms with Gasteiger partial charge in [-0.05, 0) is 43.1 Å². The largest absolute Gasteiger partial charge is 0.355 e. The van der Waals surface area contributed by atoms with Crippen LogP contribution in [0.5, 0.6) is 0 Å². The molecule has 1 aromatic heterocycles. The maximum absolute atomic E-state index is 4.68. The molecule has 0 N–H and O–H groups in total. The molecule has 1 atom stereocenters. The lowest BCUT2D eigenvalue weighted by Gasteiger charge is -2.38. The number of likely N-dealkylation sites (tertiary alicyclic amines) is 1. The molecule has 0 radical (unpaired) electrons. The Morgan fingerprint density at radius 1 is 1.24 bits per heavy atom. The lowest BCUT2D eigenvalue weighted by molar-refractivity contribution is 0.198. The van der Waals surface area contributed by atoms with Gasteiger partial charge in [0.05, 0.1) is 0 Å². The van der Waals surface area contributed by atoms with Crippen LogP contribution < -0.4 is 9.80 Å². The molecule has 25 heavy (non-hydrogen) atoms. The molecule has 1 fully saturated rings. The van der Waals surface area contributed by atoms with Gasteiger partial charge in [0.2, 0.25) is 5.95 Å². The number of hydrogen-bond acceptors (Lipinski definition) is 5.